The van der Waals surface area contributed by atoms with Gasteiger partial charge in [0, 0.05) is 47.8 Å². The lowest BCUT2D eigenvalue weighted by Gasteiger charge is -2.41. The molecule has 0 aromatic heterocycles. The Hall–Kier alpha value is -2.64. The highest BCUT2D eigenvalue weighted by atomic mass is 32.2. The third-order valence-electron chi connectivity index (χ3n) is 9.70. The van der Waals surface area contributed by atoms with E-state index in [4.69, 9.17) is 0 Å². The fourth-order valence-electron chi connectivity index (χ4n) is 7.40. The number of carbonyl (C=O) groups excluding carboxylic acids is 3. The molecule has 41 heavy (non-hydrogen) atoms. The maximum absolute atomic E-state index is 13.1. The molecule has 1 saturated heterocycles. The first kappa shape index (κ1) is 28.5. The van der Waals surface area contributed by atoms with Gasteiger partial charge in [0.05, 0.1) is 0 Å². The van der Waals surface area contributed by atoms with Gasteiger partial charge in [-0.2, -0.15) is 0 Å². The Kier molecular flexibility index (Phi) is 9.11. The Bertz CT molecular complexity index is 1230. The normalized spacial score (nSPS) is 22.3. The molecule has 0 bridgehead atoms. The van der Waals surface area contributed by atoms with Gasteiger partial charge in [-0.05, 0) is 67.3 Å². The van der Waals surface area contributed by atoms with Crippen LogP contribution in [0, 0.1) is 0 Å². The average Bonchev–Trinajstić information content (AvgIpc) is 3.34. The van der Waals surface area contributed by atoms with Gasteiger partial charge in [-0.3, -0.25) is 24.6 Å². The molecule has 6 nitrogen and oxygen atoms in total. The van der Waals surface area contributed by atoms with Crippen molar-refractivity contribution in [3.8, 4) is 0 Å². The first-order chi connectivity index (χ1) is 20.1. The second-order valence-corrected chi connectivity index (χ2v) is 13.4. The minimum atomic E-state index is -0.579. The molecular weight excluding hydrogens is 530 g/mol. The fourth-order valence-corrected chi connectivity index (χ4v) is 8.44. The van der Waals surface area contributed by atoms with E-state index in [0.29, 0.717) is 18.5 Å². The van der Waals surface area contributed by atoms with Gasteiger partial charge in [0.1, 0.15) is 6.04 Å². The van der Waals surface area contributed by atoms with Crippen LogP contribution in [0.3, 0.4) is 0 Å². The number of piperidine rings is 1. The van der Waals surface area contributed by atoms with E-state index in [-0.39, 0.29) is 24.1 Å². The number of imide groups is 1. The SMILES string of the molecule is O=C1CCC(N2Cc3c(SCc4ccc(CCN(C5CCCCC5)C5CCCCC5)cc4)cccc3C2=O)C(=O)N1. The van der Waals surface area contributed by atoms with Gasteiger partial charge in [-0.25, -0.2) is 0 Å². The van der Waals surface area contributed by atoms with Crippen molar-refractivity contribution < 1.29 is 14.4 Å². The van der Waals surface area contributed by atoms with Crippen LogP contribution in [0.2, 0.25) is 0 Å². The van der Waals surface area contributed by atoms with Crippen LogP contribution in [0.25, 0.3) is 0 Å². The Morgan fingerprint density at radius 2 is 1.46 bits per heavy atom. The minimum Gasteiger partial charge on any atom is -0.322 e. The van der Waals surface area contributed by atoms with Gasteiger partial charge in [-0.1, -0.05) is 68.9 Å². The van der Waals surface area contributed by atoms with E-state index >= 15 is 0 Å². The summed E-state index contributed by atoms with van der Waals surface area (Å²) in [5, 5.41) is 2.39. The van der Waals surface area contributed by atoms with Crippen LogP contribution in [0.5, 0.6) is 0 Å². The van der Waals surface area contributed by atoms with Crippen LogP contribution in [0.15, 0.2) is 47.4 Å². The predicted molar refractivity (Wildman–Crippen MR) is 163 cm³/mol. The van der Waals surface area contributed by atoms with Crippen molar-refractivity contribution in [2.75, 3.05) is 6.54 Å². The summed E-state index contributed by atoms with van der Waals surface area (Å²) in [5.74, 6) is 0.0946. The summed E-state index contributed by atoms with van der Waals surface area (Å²) in [6, 6.07) is 16.0. The van der Waals surface area contributed by atoms with E-state index in [2.05, 4.69) is 40.5 Å². The lowest BCUT2D eigenvalue weighted by Crippen LogP contribution is -2.52. The molecule has 1 unspecified atom stereocenters. The van der Waals surface area contributed by atoms with Crippen molar-refractivity contribution in [1.29, 1.82) is 0 Å². The Morgan fingerprint density at radius 3 is 2.12 bits per heavy atom. The van der Waals surface area contributed by atoms with Crippen molar-refractivity contribution in [2.24, 2.45) is 0 Å². The number of amides is 3. The maximum Gasteiger partial charge on any atom is 0.255 e. The summed E-state index contributed by atoms with van der Waals surface area (Å²) >= 11 is 1.75. The van der Waals surface area contributed by atoms with Gasteiger partial charge in [0.25, 0.3) is 5.91 Å². The average molecular weight is 574 g/mol. The monoisotopic (exact) mass is 573 g/mol. The standard InChI is InChI=1S/C34H43N3O3S/c38-32-19-18-30(33(39)35-32)37-22-29-28(34(37)40)12-7-13-31(29)41-23-25-16-14-24(15-17-25)20-21-36(26-8-3-1-4-9-26)27-10-5-2-6-11-27/h7,12-17,26-27,30H,1-6,8-11,18-23H2,(H,35,38,39). The van der Waals surface area contributed by atoms with Gasteiger partial charge < -0.3 is 4.90 Å². The summed E-state index contributed by atoms with van der Waals surface area (Å²) in [6.07, 6.45) is 15.7. The highest BCUT2D eigenvalue weighted by molar-refractivity contribution is 7.98. The van der Waals surface area contributed by atoms with Crippen LogP contribution in [0.1, 0.15) is 104 Å². The number of hydrogen-bond acceptors (Lipinski definition) is 5. The third kappa shape index (κ3) is 6.56. The Balaban J connectivity index is 1.06. The van der Waals surface area contributed by atoms with Gasteiger partial charge in [0.15, 0.2) is 0 Å². The molecular formula is C34H43N3O3S. The first-order valence-corrected chi connectivity index (χ1v) is 16.8. The van der Waals surface area contributed by atoms with Gasteiger partial charge >= 0.3 is 0 Å². The number of carbonyl (C=O) groups is 3. The molecule has 4 aliphatic rings. The number of rotatable bonds is 9. The Labute approximate surface area is 248 Å². The van der Waals surface area contributed by atoms with Gasteiger partial charge in [0.2, 0.25) is 11.8 Å². The molecule has 7 heteroatoms. The van der Waals surface area contributed by atoms with E-state index < -0.39 is 6.04 Å². The lowest BCUT2D eigenvalue weighted by atomic mass is 9.88. The molecule has 2 heterocycles. The summed E-state index contributed by atoms with van der Waals surface area (Å²) in [4.78, 5) is 42.8. The van der Waals surface area contributed by atoms with Gasteiger partial charge in [-0.15, -0.1) is 11.8 Å². The predicted octanol–water partition coefficient (Wildman–Crippen LogP) is 6.25. The molecule has 2 aromatic rings. The number of benzene rings is 2. The second kappa shape index (κ2) is 13.1. The summed E-state index contributed by atoms with van der Waals surface area (Å²) < 4.78 is 0. The van der Waals surface area contributed by atoms with Crippen molar-refractivity contribution in [3.05, 3.63) is 64.7 Å². The number of nitrogens with one attached hydrogen (secondary N) is 1. The number of thioether (sulfide) groups is 1. The maximum atomic E-state index is 13.1. The first-order valence-electron chi connectivity index (χ1n) is 15.8. The van der Waals surface area contributed by atoms with Crippen LogP contribution in [-0.4, -0.2) is 52.2 Å². The molecule has 0 radical (unpaired) electrons. The second-order valence-electron chi connectivity index (χ2n) is 12.4. The molecule has 0 spiro atoms. The quantitative estimate of drug-likeness (QED) is 0.284. The van der Waals surface area contributed by atoms with Crippen LogP contribution < -0.4 is 5.32 Å². The topological polar surface area (TPSA) is 69.7 Å². The minimum absolute atomic E-state index is 0.114. The zero-order valence-corrected chi connectivity index (χ0v) is 24.9. The molecule has 1 N–H and O–H groups in total. The van der Waals surface area contributed by atoms with E-state index in [1.165, 1.54) is 81.9 Å². The molecule has 3 amide bonds. The smallest absolute Gasteiger partial charge is 0.255 e. The van der Waals surface area contributed by atoms with Crippen molar-refractivity contribution in [2.45, 2.75) is 119 Å². The molecule has 2 saturated carbocycles. The Morgan fingerprint density at radius 1 is 0.805 bits per heavy atom. The zero-order chi connectivity index (χ0) is 28.2. The van der Waals surface area contributed by atoms with Crippen LogP contribution in [-0.2, 0) is 28.3 Å². The van der Waals surface area contributed by atoms with Crippen molar-refractivity contribution in [3.63, 3.8) is 0 Å². The molecule has 2 aliphatic carbocycles. The molecule has 2 aliphatic heterocycles. The van der Waals surface area contributed by atoms with Crippen LogP contribution >= 0.6 is 11.8 Å². The third-order valence-corrected chi connectivity index (χ3v) is 10.9. The molecule has 6 rings (SSSR count). The fraction of sp³-hybridized carbons (Fsp3) is 0.559. The number of fused-ring (bicyclic) bond motifs is 1. The van der Waals surface area contributed by atoms with E-state index in [9.17, 15) is 14.4 Å². The highest BCUT2D eigenvalue weighted by Crippen LogP contribution is 2.36. The van der Waals surface area contributed by atoms with E-state index in [1.54, 1.807) is 16.7 Å². The summed E-state index contributed by atoms with van der Waals surface area (Å²) in [5.41, 5.74) is 4.37. The number of hydrogen-bond donors (Lipinski definition) is 1. The zero-order valence-electron chi connectivity index (χ0n) is 24.1. The van der Waals surface area contributed by atoms with E-state index in [1.807, 2.05) is 12.1 Å². The summed E-state index contributed by atoms with van der Waals surface area (Å²) in [6.45, 7) is 1.60. The molecule has 218 valence electrons. The molecule has 3 fully saturated rings. The lowest BCUT2D eigenvalue weighted by molar-refractivity contribution is -0.136. The van der Waals surface area contributed by atoms with Crippen molar-refractivity contribution >= 4 is 29.5 Å². The van der Waals surface area contributed by atoms with Crippen LogP contribution in [0.4, 0.5) is 0 Å². The highest BCUT2D eigenvalue weighted by Gasteiger charge is 2.39. The van der Waals surface area contributed by atoms with Crippen molar-refractivity contribution in [1.82, 2.24) is 15.1 Å². The summed E-state index contributed by atoms with van der Waals surface area (Å²) in [7, 11) is 0. The largest absolute Gasteiger partial charge is 0.322 e. The van der Waals surface area contributed by atoms with E-state index in [0.717, 1.165) is 34.7 Å². The molecule has 1 atom stereocenters. The molecule has 2 aromatic carbocycles. The number of nitrogens with zero attached hydrogens (tertiary/aromatic N) is 2.